The van der Waals surface area contributed by atoms with Gasteiger partial charge in [0.1, 0.15) is 0 Å². The molecule has 1 fully saturated rings. The maximum Gasteiger partial charge on any atom is 0.189 e. The number of nitrogens with two attached hydrogens (primary N) is 1. The first-order chi connectivity index (χ1) is 9.15. The van der Waals surface area contributed by atoms with Crippen LogP contribution in [-0.4, -0.2) is 12.0 Å². The van der Waals surface area contributed by atoms with Crippen molar-refractivity contribution >= 4 is 17.6 Å². The van der Waals surface area contributed by atoms with Crippen LogP contribution in [0.25, 0.3) is 0 Å². The van der Waals surface area contributed by atoms with Gasteiger partial charge in [-0.1, -0.05) is 43.0 Å². The molecule has 1 aromatic carbocycles. The van der Waals surface area contributed by atoms with E-state index in [4.69, 9.17) is 17.3 Å². The van der Waals surface area contributed by atoms with E-state index in [0.29, 0.717) is 12.0 Å². The van der Waals surface area contributed by atoms with E-state index in [0.717, 1.165) is 23.4 Å². The molecular formula is C15H22ClN3. The second-order valence-electron chi connectivity index (χ2n) is 5.22. The molecule has 1 unspecified atom stereocenters. The lowest BCUT2D eigenvalue weighted by Crippen LogP contribution is -2.35. The fourth-order valence-corrected chi connectivity index (χ4v) is 2.63. The SMILES string of the molecule is CC(NC(N)=NC1CCCCC1)c1ccc(Cl)cc1. The number of hydrogen-bond acceptors (Lipinski definition) is 1. The topological polar surface area (TPSA) is 50.4 Å². The number of aliphatic imine (C=N–C) groups is 1. The van der Waals surface area contributed by atoms with Crippen molar-refractivity contribution in [3.8, 4) is 0 Å². The number of nitrogens with one attached hydrogen (secondary N) is 1. The molecule has 0 bridgehead atoms. The van der Waals surface area contributed by atoms with E-state index >= 15 is 0 Å². The van der Waals surface area contributed by atoms with Crippen LogP contribution in [-0.2, 0) is 0 Å². The van der Waals surface area contributed by atoms with Gasteiger partial charge in [0.05, 0.1) is 12.1 Å². The number of hydrogen-bond donors (Lipinski definition) is 2. The van der Waals surface area contributed by atoms with Gasteiger partial charge >= 0.3 is 0 Å². The van der Waals surface area contributed by atoms with Crippen molar-refractivity contribution in [1.29, 1.82) is 0 Å². The van der Waals surface area contributed by atoms with Gasteiger partial charge in [0.25, 0.3) is 0 Å². The quantitative estimate of drug-likeness (QED) is 0.656. The maximum absolute atomic E-state index is 5.99. The summed E-state index contributed by atoms with van der Waals surface area (Å²) in [5, 5.41) is 4.00. The van der Waals surface area contributed by atoms with Crippen LogP contribution in [0.15, 0.2) is 29.3 Å². The highest BCUT2D eigenvalue weighted by molar-refractivity contribution is 6.30. The Bertz CT molecular complexity index is 422. The smallest absolute Gasteiger partial charge is 0.189 e. The third kappa shape index (κ3) is 4.43. The predicted octanol–water partition coefficient (Wildman–Crippen LogP) is 3.64. The van der Waals surface area contributed by atoms with Crippen LogP contribution in [0.4, 0.5) is 0 Å². The molecule has 1 saturated carbocycles. The van der Waals surface area contributed by atoms with Crippen LogP contribution in [0.1, 0.15) is 50.6 Å². The normalized spacial score (nSPS) is 19.2. The van der Waals surface area contributed by atoms with Gasteiger partial charge in [0.2, 0.25) is 0 Å². The molecule has 1 aromatic rings. The third-order valence-corrected chi connectivity index (χ3v) is 3.88. The van der Waals surface area contributed by atoms with E-state index < -0.39 is 0 Å². The minimum Gasteiger partial charge on any atom is -0.370 e. The van der Waals surface area contributed by atoms with Crippen molar-refractivity contribution in [2.24, 2.45) is 10.7 Å². The monoisotopic (exact) mass is 279 g/mol. The zero-order valence-corrected chi connectivity index (χ0v) is 12.2. The molecule has 1 atom stereocenters. The van der Waals surface area contributed by atoms with E-state index in [-0.39, 0.29) is 6.04 Å². The molecule has 3 nitrogen and oxygen atoms in total. The fourth-order valence-electron chi connectivity index (χ4n) is 2.50. The summed E-state index contributed by atoms with van der Waals surface area (Å²) in [7, 11) is 0. The highest BCUT2D eigenvalue weighted by atomic mass is 35.5. The molecule has 0 saturated heterocycles. The van der Waals surface area contributed by atoms with Gasteiger partial charge in [0.15, 0.2) is 5.96 Å². The summed E-state index contributed by atoms with van der Waals surface area (Å²) in [6, 6.07) is 8.35. The summed E-state index contributed by atoms with van der Waals surface area (Å²) in [6.07, 6.45) is 6.21. The molecule has 0 amide bonds. The molecular weight excluding hydrogens is 258 g/mol. The lowest BCUT2D eigenvalue weighted by molar-refractivity contribution is 0.441. The number of rotatable bonds is 3. The number of benzene rings is 1. The Morgan fingerprint density at radius 1 is 1.26 bits per heavy atom. The molecule has 104 valence electrons. The zero-order chi connectivity index (χ0) is 13.7. The van der Waals surface area contributed by atoms with Crippen molar-refractivity contribution in [2.75, 3.05) is 0 Å². The van der Waals surface area contributed by atoms with Crippen LogP contribution < -0.4 is 11.1 Å². The number of nitrogens with zero attached hydrogens (tertiary/aromatic N) is 1. The molecule has 3 N–H and O–H groups in total. The maximum atomic E-state index is 5.99. The Labute approximate surface area is 120 Å². The minimum atomic E-state index is 0.143. The molecule has 4 heteroatoms. The molecule has 0 heterocycles. The summed E-state index contributed by atoms with van der Waals surface area (Å²) in [6.45, 7) is 2.08. The highest BCUT2D eigenvalue weighted by Crippen LogP contribution is 2.20. The molecule has 2 rings (SSSR count). The molecule has 1 aliphatic rings. The van der Waals surface area contributed by atoms with E-state index in [1.165, 1.54) is 19.3 Å². The number of guanidine groups is 1. The average molecular weight is 280 g/mol. The minimum absolute atomic E-state index is 0.143. The lowest BCUT2D eigenvalue weighted by atomic mass is 9.96. The van der Waals surface area contributed by atoms with E-state index in [9.17, 15) is 0 Å². The molecule has 0 aliphatic heterocycles. The fraction of sp³-hybridized carbons (Fsp3) is 0.533. The first-order valence-electron chi connectivity index (χ1n) is 7.00. The summed E-state index contributed by atoms with van der Waals surface area (Å²) in [4.78, 5) is 4.58. The largest absolute Gasteiger partial charge is 0.370 e. The van der Waals surface area contributed by atoms with Gasteiger partial charge in [0, 0.05) is 5.02 Å². The Kier molecular flexibility index (Phi) is 5.08. The van der Waals surface area contributed by atoms with Gasteiger partial charge in [-0.25, -0.2) is 0 Å². The van der Waals surface area contributed by atoms with Crippen molar-refractivity contribution < 1.29 is 0 Å². The summed E-state index contributed by atoms with van der Waals surface area (Å²) in [5.41, 5.74) is 7.14. The third-order valence-electron chi connectivity index (χ3n) is 3.63. The molecule has 19 heavy (non-hydrogen) atoms. The Balaban J connectivity index is 1.91. The van der Waals surface area contributed by atoms with Crippen molar-refractivity contribution in [2.45, 2.75) is 51.1 Å². The van der Waals surface area contributed by atoms with E-state index in [1.807, 2.05) is 24.3 Å². The van der Waals surface area contributed by atoms with Crippen LogP contribution in [0.2, 0.25) is 5.02 Å². The summed E-state index contributed by atoms with van der Waals surface area (Å²) >= 11 is 5.88. The van der Waals surface area contributed by atoms with Gasteiger partial charge in [-0.3, -0.25) is 4.99 Å². The van der Waals surface area contributed by atoms with Crippen LogP contribution in [0.3, 0.4) is 0 Å². The Morgan fingerprint density at radius 2 is 1.89 bits per heavy atom. The molecule has 0 spiro atoms. The Hall–Kier alpha value is -1.22. The second kappa shape index (κ2) is 6.80. The van der Waals surface area contributed by atoms with Crippen LogP contribution >= 0.6 is 11.6 Å². The van der Waals surface area contributed by atoms with Crippen molar-refractivity contribution in [1.82, 2.24) is 5.32 Å². The van der Waals surface area contributed by atoms with E-state index in [1.54, 1.807) is 0 Å². The van der Waals surface area contributed by atoms with Crippen LogP contribution in [0, 0.1) is 0 Å². The van der Waals surface area contributed by atoms with Crippen LogP contribution in [0.5, 0.6) is 0 Å². The van der Waals surface area contributed by atoms with Crippen molar-refractivity contribution in [3.63, 3.8) is 0 Å². The standard InChI is InChI=1S/C15H22ClN3/c1-11(12-7-9-13(16)10-8-12)18-15(17)19-14-5-3-2-4-6-14/h7-11,14H,2-6H2,1H3,(H3,17,18,19). The molecule has 0 aromatic heterocycles. The first kappa shape index (κ1) is 14.2. The first-order valence-corrected chi connectivity index (χ1v) is 7.38. The summed E-state index contributed by atoms with van der Waals surface area (Å²) < 4.78 is 0. The van der Waals surface area contributed by atoms with Gasteiger partial charge in [-0.05, 0) is 37.5 Å². The van der Waals surface area contributed by atoms with Gasteiger partial charge in [-0.2, -0.15) is 0 Å². The summed E-state index contributed by atoms with van der Waals surface area (Å²) in [5.74, 6) is 0.550. The zero-order valence-electron chi connectivity index (χ0n) is 11.4. The van der Waals surface area contributed by atoms with Gasteiger partial charge < -0.3 is 11.1 Å². The molecule has 1 aliphatic carbocycles. The van der Waals surface area contributed by atoms with E-state index in [2.05, 4.69) is 17.2 Å². The predicted molar refractivity (Wildman–Crippen MR) is 81.5 cm³/mol. The molecule has 0 radical (unpaired) electrons. The lowest BCUT2D eigenvalue weighted by Gasteiger charge is -2.20. The highest BCUT2D eigenvalue weighted by Gasteiger charge is 2.13. The van der Waals surface area contributed by atoms with Gasteiger partial charge in [-0.15, -0.1) is 0 Å². The average Bonchev–Trinajstić information content (AvgIpc) is 2.40. The second-order valence-corrected chi connectivity index (χ2v) is 5.66. The van der Waals surface area contributed by atoms with Crippen molar-refractivity contribution in [3.05, 3.63) is 34.9 Å². The Morgan fingerprint density at radius 3 is 2.53 bits per heavy atom. The number of halogens is 1.